The van der Waals surface area contributed by atoms with Gasteiger partial charge in [0.05, 0.1) is 4.88 Å². The van der Waals surface area contributed by atoms with Crippen LogP contribution in [-0.2, 0) is 24.3 Å². The zero-order chi connectivity index (χ0) is 20.8. The number of anilines is 1. The molecule has 1 aromatic carbocycles. The fourth-order valence-corrected chi connectivity index (χ4v) is 4.11. The summed E-state index contributed by atoms with van der Waals surface area (Å²) in [7, 11) is 0. The molecule has 0 bridgehead atoms. The van der Waals surface area contributed by atoms with E-state index in [0.717, 1.165) is 30.9 Å². The van der Waals surface area contributed by atoms with Crippen LogP contribution >= 0.6 is 11.3 Å². The standard InChI is InChI=1S/C23H24N4O2S/c28-22(9-11-24-23(29)20-6-3-13-30-20)26-15-17-7-8-21(25-14-17)27-12-10-18-4-1-2-5-19(18)16-27/h1-8,13-14H,9-12,15-16H2,(H,24,29)(H,26,28). The lowest BCUT2D eigenvalue weighted by Gasteiger charge is -2.29. The van der Waals surface area contributed by atoms with Crippen molar-refractivity contribution in [2.24, 2.45) is 0 Å². The third-order valence-electron chi connectivity index (χ3n) is 5.14. The highest BCUT2D eigenvalue weighted by Gasteiger charge is 2.16. The summed E-state index contributed by atoms with van der Waals surface area (Å²) in [5, 5.41) is 7.49. The molecule has 3 heterocycles. The van der Waals surface area contributed by atoms with E-state index in [2.05, 4.69) is 44.8 Å². The molecule has 30 heavy (non-hydrogen) atoms. The Balaban J connectivity index is 1.21. The van der Waals surface area contributed by atoms with Gasteiger partial charge in [0, 0.05) is 38.8 Å². The van der Waals surface area contributed by atoms with Crippen molar-refractivity contribution in [1.82, 2.24) is 15.6 Å². The Morgan fingerprint density at radius 3 is 2.67 bits per heavy atom. The smallest absolute Gasteiger partial charge is 0.261 e. The number of fused-ring (bicyclic) bond motifs is 1. The Hall–Kier alpha value is -3.19. The number of nitrogens with zero attached hydrogens (tertiary/aromatic N) is 2. The van der Waals surface area contributed by atoms with Crippen LogP contribution in [0, 0.1) is 0 Å². The summed E-state index contributed by atoms with van der Waals surface area (Å²) in [4.78, 5) is 31.4. The number of nitrogens with one attached hydrogen (secondary N) is 2. The maximum Gasteiger partial charge on any atom is 0.261 e. The van der Waals surface area contributed by atoms with Gasteiger partial charge in [-0.2, -0.15) is 0 Å². The van der Waals surface area contributed by atoms with Crippen molar-refractivity contribution < 1.29 is 9.59 Å². The zero-order valence-electron chi connectivity index (χ0n) is 16.6. The molecule has 0 saturated carbocycles. The van der Waals surface area contributed by atoms with Crippen LogP contribution in [0.15, 0.2) is 60.1 Å². The Bertz CT molecular complexity index is 1000. The summed E-state index contributed by atoms with van der Waals surface area (Å²) in [5.41, 5.74) is 3.72. The Morgan fingerprint density at radius 1 is 1.03 bits per heavy atom. The minimum atomic E-state index is -0.141. The van der Waals surface area contributed by atoms with E-state index in [1.807, 2.05) is 29.8 Å². The van der Waals surface area contributed by atoms with Gasteiger partial charge in [-0.1, -0.05) is 36.4 Å². The largest absolute Gasteiger partial charge is 0.352 e. The molecule has 0 saturated heterocycles. The van der Waals surface area contributed by atoms with Crippen LogP contribution in [-0.4, -0.2) is 29.9 Å². The number of carbonyl (C=O) groups excluding carboxylic acids is 2. The van der Waals surface area contributed by atoms with Crippen molar-refractivity contribution in [3.8, 4) is 0 Å². The van der Waals surface area contributed by atoms with Gasteiger partial charge in [0.25, 0.3) is 5.91 Å². The molecule has 2 aromatic heterocycles. The van der Waals surface area contributed by atoms with Crippen molar-refractivity contribution in [3.63, 3.8) is 0 Å². The second-order valence-electron chi connectivity index (χ2n) is 7.22. The molecule has 4 rings (SSSR count). The number of hydrogen-bond acceptors (Lipinski definition) is 5. The van der Waals surface area contributed by atoms with Gasteiger partial charge in [-0.15, -0.1) is 11.3 Å². The molecule has 0 aliphatic carbocycles. The third-order valence-corrected chi connectivity index (χ3v) is 6.00. The van der Waals surface area contributed by atoms with Gasteiger partial charge >= 0.3 is 0 Å². The predicted molar refractivity (Wildman–Crippen MR) is 119 cm³/mol. The Labute approximate surface area is 180 Å². The zero-order valence-corrected chi connectivity index (χ0v) is 17.5. The number of aromatic nitrogens is 1. The van der Waals surface area contributed by atoms with Gasteiger partial charge in [0.2, 0.25) is 5.91 Å². The average Bonchev–Trinajstić information content (AvgIpc) is 3.33. The number of benzene rings is 1. The highest BCUT2D eigenvalue weighted by Crippen LogP contribution is 2.22. The molecular weight excluding hydrogens is 396 g/mol. The van der Waals surface area contributed by atoms with Gasteiger partial charge in [0.1, 0.15) is 5.82 Å². The van der Waals surface area contributed by atoms with Gasteiger partial charge in [-0.3, -0.25) is 9.59 Å². The molecule has 2 N–H and O–H groups in total. The summed E-state index contributed by atoms with van der Waals surface area (Å²) in [6, 6.07) is 16.1. The van der Waals surface area contributed by atoms with Crippen LogP contribution in [0.3, 0.4) is 0 Å². The van der Waals surface area contributed by atoms with E-state index in [1.54, 1.807) is 6.07 Å². The number of hydrogen-bond donors (Lipinski definition) is 2. The monoisotopic (exact) mass is 420 g/mol. The predicted octanol–water partition coefficient (Wildman–Crippen LogP) is 3.14. The molecule has 0 unspecified atom stereocenters. The number of amides is 2. The van der Waals surface area contributed by atoms with Crippen molar-refractivity contribution in [3.05, 3.63) is 81.7 Å². The molecule has 3 aromatic rings. The van der Waals surface area contributed by atoms with Crippen LogP contribution < -0.4 is 15.5 Å². The Kier molecular flexibility index (Phi) is 6.39. The number of rotatable bonds is 7. The lowest BCUT2D eigenvalue weighted by atomic mass is 10.00. The van der Waals surface area contributed by atoms with Crippen molar-refractivity contribution in [2.75, 3.05) is 18.0 Å². The lowest BCUT2D eigenvalue weighted by Crippen LogP contribution is -2.31. The van der Waals surface area contributed by atoms with Gasteiger partial charge in [-0.25, -0.2) is 4.98 Å². The van der Waals surface area contributed by atoms with E-state index in [0.29, 0.717) is 18.0 Å². The van der Waals surface area contributed by atoms with E-state index in [1.165, 1.54) is 22.5 Å². The van der Waals surface area contributed by atoms with Crippen LogP contribution in [0.5, 0.6) is 0 Å². The normalized spacial score (nSPS) is 12.9. The number of thiophene rings is 1. The molecule has 7 heteroatoms. The van der Waals surface area contributed by atoms with Crippen LogP contribution in [0.4, 0.5) is 5.82 Å². The van der Waals surface area contributed by atoms with E-state index >= 15 is 0 Å². The average molecular weight is 421 g/mol. The fraction of sp³-hybridized carbons (Fsp3) is 0.261. The summed E-state index contributed by atoms with van der Waals surface area (Å²) >= 11 is 1.38. The first-order chi connectivity index (χ1) is 14.7. The number of pyridine rings is 1. The first kappa shape index (κ1) is 20.1. The molecule has 154 valence electrons. The van der Waals surface area contributed by atoms with E-state index < -0.39 is 0 Å². The summed E-state index contributed by atoms with van der Waals surface area (Å²) in [6.07, 6.45) is 3.09. The fourth-order valence-electron chi connectivity index (χ4n) is 3.47. The summed E-state index contributed by atoms with van der Waals surface area (Å²) in [5.74, 6) is 0.715. The minimum Gasteiger partial charge on any atom is -0.352 e. The Morgan fingerprint density at radius 2 is 1.90 bits per heavy atom. The van der Waals surface area contributed by atoms with E-state index in [-0.39, 0.29) is 18.2 Å². The molecule has 1 aliphatic rings. The highest BCUT2D eigenvalue weighted by atomic mass is 32.1. The first-order valence-electron chi connectivity index (χ1n) is 10.0. The molecule has 0 radical (unpaired) electrons. The summed E-state index contributed by atoms with van der Waals surface area (Å²) < 4.78 is 0. The third kappa shape index (κ3) is 5.04. The molecule has 0 spiro atoms. The SMILES string of the molecule is O=C(CCNC(=O)c1cccs1)NCc1ccc(N2CCc3ccccc3C2)nc1. The van der Waals surface area contributed by atoms with Crippen LogP contribution in [0.1, 0.15) is 32.8 Å². The molecular formula is C23H24N4O2S. The minimum absolute atomic E-state index is 0.0989. The maximum atomic E-state index is 12.0. The lowest BCUT2D eigenvalue weighted by molar-refractivity contribution is -0.121. The molecule has 2 amide bonds. The van der Waals surface area contributed by atoms with Crippen molar-refractivity contribution in [2.45, 2.75) is 25.9 Å². The second-order valence-corrected chi connectivity index (χ2v) is 8.17. The molecule has 1 aliphatic heterocycles. The topological polar surface area (TPSA) is 74.3 Å². The highest BCUT2D eigenvalue weighted by molar-refractivity contribution is 7.12. The second kappa shape index (κ2) is 9.54. The van der Waals surface area contributed by atoms with Gasteiger partial charge in [0.15, 0.2) is 0 Å². The maximum absolute atomic E-state index is 12.0. The van der Waals surface area contributed by atoms with Crippen molar-refractivity contribution in [1.29, 1.82) is 0 Å². The quantitative estimate of drug-likeness (QED) is 0.616. The molecule has 0 fully saturated rings. The van der Waals surface area contributed by atoms with E-state index in [4.69, 9.17) is 0 Å². The molecule has 6 nitrogen and oxygen atoms in total. The van der Waals surface area contributed by atoms with Gasteiger partial charge in [-0.05, 0) is 40.6 Å². The first-order valence-corrected chi connectivity index (χ1v) is 10.9. The summed E-state index contributed by atoms with van der Waals surface area (Å²) in [6.45, 7) is 2.57. The van der Waals surface area contributed by atoms with Crippen molar-refractivity contribution >= 4 is 29.0 Å². The molecule has 0 atom stereocenters. The van der Waals surface area contributed by atoms with Crippen LogP contribution in [0.25, 0.3) is 0 Å². The van der Waals surface area contributed by atoms with Crippen LogP contribution in [0.2, 0.25) is 0 Å². The van der Waals surface area contributed by atoms with Gasteiger partial charge < -0.3 is 15.5 Å². The van der Waals surface area contributed by atoms with E-state index in [9.17, 15) is 9.59 Å². The number of carbonyl (C=O) groups is 2.